The Balaban J connectivity index is 1.67. The largest absolute Gasteiger partial charge is 0.497 e. The van der Waals surface area contributed by atoms with Crippen LogP contribution in [-0.2, 0) is 0 Å². The first kappa shape index (κ1) is 20.1. The van der Waals surface area contributed by atoms with Crippen molar-refractivity contribution in [2.24, 2.45) is 0 Å². The van der Waals surface area contributed by atoms with E-state index >= 15 is 0 Å². The van der Waals surface area contributed by atoms with Gasteiger partial charge in [-0.3, -0.25) is 4.79 Å². The molecule has 2 N–H and O–H groups in total. The second-order valence-electron chi connectivity index (χ2n) is 6.32. The number of amides is 1. The van der Waals surface area contributed by atoms with Gasteiger partial charge in [-0.1, -0.05) is 0 Å². The summed E-state index contributed by atoms with van der Waals surface area (Å²) in [7, 11) is 1.60. The van der Waals surface area contributed by atoms with Crippen LogP contribution >= 0.6 is 0 Å². The van der Waals surface area contributed by atoms with Crippen molar-refractivity contribution in [1.29, 1.82) is 0 Å². The van der Waals surface area contributed by atoms with Gasteiger partial charge >= 0.3 is 0 Å². The molecular formula is C22H25N5O2. The molecule has 0 aliphatic heterocycles. The Hall–Kier alpha value is -3.61. The smallest absolute Gasteiger partial charge is 0.274 e. The van der Waals surface area contributed by atoms with Crippen molar-refractivity contribution in [1.82, 2.24) is 9.97 Å². The number of hydrogen-bond donors (Lipinski definition) is 2. The van der Waals surface area contributed by atoms with E-state index in [1.807, 2.05) is 12.1 Å². The van der Waals surface area contributed by atoms with Gasteiger partial charge in [0.05, 0.1) is 7.11 Å². The van der Waals surface area contributed by atoms with Crippen LogP contribution < -0.4 is 20.3 Å². The Morgan fingerprint density at radius 3 is 2.24 bits per heavy atom. The number of aromatic nitrogens is 2. The Bertz CT molecular complexity index is 938. The maximum absolute atomic E-state index is 12.5. The lowest BCUT2D eigenvalue weighted by molar-refractivity contribution is 0.102. The monoisotopic (exact) mass is 391 g/mol. The summed E-state index contributed by atoms with van der Waals surface area (Å²) in [4.78, 5) is 23.1. The zero-order valence-corrected chi connectivity index (χ0v) is 16.8. The van der Waals surface area contributed by atoms with E-state index in [1.165, 1.54) is 12.0 Å². The molecule has 7 heteroatoms. The van der Waals surface area contributed by atoms with E-state index in [0.29, 0.717) is 11.5 Å². The van der Waals surface area contributed by atoms with Crippen LogP contribution in [-0.4, -0.2) is 36.1 Å². The molecule has 0 atom stereocenters. The summed E-state index contributed by atoms with van der Waals surface area (Å²) in [6.07, 6.45) is 1.37. The number of carbonyl (C=O) groups is 1. The summed E-state index contributed by atoms with van der Waals surface area (Å²) < 4.78 is 5.12. The molecule has 0 unspecified atom stereocenters. The zero-order valence-electron chi connectivity index (χ0n) is 16.8. The molecule has 2 aromatic carbocycles. The number of nitrogens with one attached hydrogen (secondary N) is 2. The summed E-state index contributed by atoms with van der Waals surface area (Å²) in [5.74, 6) is 0.969. The lowest BCUT2D eigenvalue weighted by Crippen LogP contribution is -2.21. The fraction of sp³-hybridized carbons (Fsp3) is 0.227. The number of carbonyl (C=O) groups excluding carboxylic acids is 1. The fourth-order valence-corrected chi connectivity index (χ4v) is 2.91. The van der Waals surface area contributed by atoms with Crippen LogP contribution in [0.2, 0.25) is 0 Å². The first-order valence-corrected chi connectivity index (χ1v) is 9.52. The quantitative estimate of drug-likeness (QED) is 0.595. The first-order chi connectivity index (χ1) is 14.1. The number of anilines is 4. The number of methoxy groups -OCH3 is 1. The lowest BCUT2D eigenvalue weighted by Gasteiger charge is -2.21. The van der Waals surface area contributed by atoms with Gasteiger partial charge < -0.3 is 20.3 Å². The molecule has 0 aliphatic rings. The predicted molar refractivity (Wildman–Crippen MR) is 116 cm³/mol. The number of nitrogens with zero attached hydrogens (tertiary/aromatic N) is 3. The molecule has 1 aromatic heterocycles. The molecule has 0 spiro atoms. The van der Waals surface area contributed by atoms with Crippen molar-refractivity contribution in [2.75, 3.05) is 35.7 Å². The SMILES string of the molecule is CCN(CC)c1ccc(Nc2cc(C(=O)Nc3ccc(OC)cc3)ncn2)cc1. The van der Waals surface area contributed by atoms with Crippen LogP contribution in [0.4, 0.5) is 22.9 Å². The molecule has 3 rings (SSSR count). The fourth-order valence-electron chi connectivity index (χ4n) is 2.91. The second kappa shape index (κ2) is 9.54. The molecule has 3 aromatic rings. The van der Waals surface area contributed by atoms with Crippen LogP contribution in [0.1, 0.15) is 24.3 Å². The van der Waals surface area contributed by atoms with E-state index in [2.05, 4.69) is 51.5 Å². The molecule has 1 amide bonds. The van der Waals surface area contributed by atoms with E-state index in [-0.39, 0.29) is 11.6 Å². The Morgan fingerprint density at radius 2 is 1.62 bits per heavy atom. The Kier molecular flexibility index (Phi) is 6.63. The average molecular weight is 391 g/mol. The van der Waals surface area contributed by atoms with Gasteiger partial charge in [0, 0.05) is 36.2 Å². The van der Waals surface area contributed by atoms with Crippen LogP contribution in [0.15, 0.2) is 60.9 Å². The normalized spacial score (nSPS) is 10.3. The van der Waals surface area contributed by atoms with Crippen LogP contribution in [0.3, 0.4) is 0 Å². The molecular weight excluding hydrogens is 366 g/mol. The predicted octanol–water partition coefficient (Wildman–Crippen LogP) is 4.33. The third-order valence-electron chi connectivity index (χ3n) is 4.52. The van der Waals surface area contributed by atoms with E-state index < -0.39 is 0 Å². The number of benzene rings is 2. The van der Waals surface area contributed by atoms with Gasteiger partial charge in [0.1, 0.15) is 23.6 Å². The van der Waals surface area contributed by atoms with Crippen molar-refractivity contribution >= 4 is 28.8 Å². The third-order valence-corrected chi connectivity index (χ3v) is 4.52. The topological polar surface area (TPSA) is 79.4 Å². The van der Waals surface area contributed by atoms with Crippen molar-refractivity contribution in [3.63, 3.8) is 0 Å². The highest BCUT2D eigenvalue weighted by molar-refractivity contribution is 6.03. The summed E-state index contributed by atoms with van der Waals surface area (Å²) >= 11 is 0. The number of ether oxygens (including phenoxy) is 1. The average Bonchev–Trinajstić information content (AvgIpc) is 2.76. The van der Waals surface area contributed by atoms with Crippen molar-refractivity contribution in [3.05, 3.63) is 66.6 Å². The van der Waals surface area contributed by atoms with Crippen LogP contribution in [0.25, 0.3) is 0 Å². The van der Waals surface area contributed by atoms with Crippen molar-refractivity contribution in [2.45, 2.75) is 13.8 Å². The molecule has 29 heavy (non-hydrogen) atoms. The first-order valence-electron chi connectivity index (χ1n) is 9.52. The molecule has 1 heterocycles. The van der Waals surface area contributed by atoms with Gasteiger partial charge in [-0.05, 0) is 62.4 Å². The van der Waals surface area contributed by atoms with Gasteiger partial charge in [0.25, 0.3) is 5.91 Å². The van der Waals surface area contributed by atoms with Gasteiger partial charge in [-0.2, -0.15) is 0 Å². The molecule has 0 fully saturated rings. The maximum atomic E-state index is 12.5. The van der Waals surface area contributed by atoms with E-state index in [4.69, 9.17) is 4.74 Å². The summed E-state index contributed by atoms with van der Waals surface area (Å²) in [5.41, 5.74) is 3.00. The molecule has 0 saturated heterocycles. The number of hydrogen-bond acceptors (Lipinski definition) is 6. The highest BCUT2D eigenvalue weighted by Gasteiger charge is 2.10. The van der Waals surface area contributed by atoms with E-state index in [1.54, 1.807) is 37.4 Å². The van der Waals surface area contributed by atoms with Gasteiger partial charge in [0.15, 0.2) is 0 Å². The van der Waals surface area contributed by atoms with Gasteiger partial charge in [-0.25, -0.2) is 9.97 Å². The number of rotatable bonds is 8. The minimum atomic E-state index is -0.308. The highest BCUT2D eigenvalue weighted by Crippen LogP contribution is 2.21. The molecule has 150 valence electrons. The Morgan fingerprint density at radius 1 is 0.966 bits per heavy atom. The third kappa shape index (κ3) is 5.22. The molecule has 0 saturated carbocycles. The standard InChI is InChI=1S/C22H25N5O2/c1-4-27(5-2)18-10-6-16(7-11-18)25-21-14-20(23-15-24-21)22(28)26-17-8-12-19(29-3)13-9-17/h6-15H,4-5H2,1-3H3,(H,26,28)(H,23,24,25). The van der Waals surface area contributed by atoms with Crippen molar-refractivity contribution < 1.29 is 9.53 Å². The maximum Gasteiger partial charge on any atom is 0.274 e. The van der Waals surface area contributed by atoms with Crippen LogP contribution in [0, 0.1) is 0 Å². The lowest BCUT2D eigenvalue weighted by atomic mass is 10.2. The van der Waals surface area contributed by atoms with Crippen LogP contribution in [0.5, 0.6) is 5.75 Å². The molecule has 0 aliphatic carbocycles. The highest BCUT2D eigenvalue weighted by atomic mass is 16.5. The molecule has 0 bridgehead atoms. The van der Waals surface area contributed by atoms with E-state index in [0.717, 1.165) is 24.5 Å². The van der Waals surface area contributed by atoms with Gasteiger partial charge in [-0.15, -0.1) is 0 Å². The second-order valence-corrected chi connectivity index (χ2v) is 6.32. The summed E-state index contributed by atoms with van der Waals surface area (Å²) in [6.45, 7) is 6.19. The Labute approximate surface area is 170 Å². The van der Waals surface area contributed by atoms with E-state index in [9.17, 15) is 4.79 Å². The van der Waals surface area contributed by atoms with Crippen molar-refractivity contribution in [3.8, 4) is 5.75 Å². The summed E-state index contributed by atoms with van der Waals surface area (Å²) in [6, 6.07) is 16.8. The minimum absolute atomic E-state index is 0.276. The zero-order chi connectivity index (χ0) is 20.6. The molecule has 7 nitrogen and oxygen atoms in total. The summed E-state index contributed by atoms with van der Waals surface area (Å²) in [5, 5.41) is 6.03. The molecule has 0 radical (unpaired) electrons. The van der Waals surface area contributed by atoms with Gasteiger partial charge in [0.2, 0.25) is 0 Å². The minimum Gasteiger partial charge on any atom is -0.497 e.